The number of hydrogen-bond donors (Lipinski definition) is 0. The second-order valence-corrected chi connectivity index (χ2v) is 6.11. The maximum atomic E-state index is 5.39. The van der Waals surface area contributed by atoms with Gasteiger partial charge in [0.05, 0.1) is 0 Å². The molecule has 0 saturated heterocycles. The van der Waals surface area contributed by atoms with E-state index in [1.54, 1.807) is 0 Å². The molecule has 0 aromatic heterocycles. The monoisotopic (exact) mass is 237 g/mol. The molecule has 2 nitrogen and oxygen atoms in total. The Bertz CT molecular complexity index is 144. The predicted octanol–water partition coefficient (Wildman–Crippen LogP) is 3.89. The Hall–Kier alpha value is 0.440. The lowest BCUT2D eigenvalue weighted by Crippen LogP contribution is -1.97. The Morgan fingerprint density at radius 3 is 1.57 bits per heavy atom. The molecule has 0 saturated carbocycles. The van der Waals surface area contributed by atoms with Crippen LogP contribution in [-0.2, 0) is 20.9 Å². The third kappa shape index (κ3) is 10.5. The van der Waals surface area contributed by atoms with Crippen LogP contribution in [0.2, 0.25) is 0 Å². The fraction of sp³-hybridized carbons (Fsp3) is 1.00. The first-order valence-electron chi connectivity index (χ1n) is 5.25. The lowest BCUT2D eigenvalue weighted by Gasteiger charge is -2.00. The Labute approximate surface area is 94.0 Å². The minimum absolute atomic E-state index is 0.670. The molecule has 0 aliphatic carbocycles. The highest BCUT2D eigenvalue weighted by atomic mass is 32.4. The van der Waals surface area contributed by atoms with E-state index in [4.69, 9.17) is 20.9 Å². The molecule has 0 aromatic carbocycles. The van der Waals surface area contributed by atoms with Gasteiger partial charge in [-0.25, -0.2) is 0 Å². The van der Waals surface area contributed by atoms with Crippen molar-refractivity contribution in [3.63, 3.8) is 0 Å². The third-order valence-electron chi connectivity index (χ3n) is 1.78. The van der Waals surface area contributed by atoms with E-state index in [-0.39, 0.29) is 0 Å². The van der Waals surface area contributed by atoms with Gasteiger partial charge in [0.1, 0.15) is 13.2 Å². The molecule has 0 fully saturated rings. The Morgan fingerprint density at radius 2 is 1.29 bits per heavy atom. The summed E-state index contributed by atoms with van der Waals surface area (Å²) in [6.45, 7) is 10.2. The van der Waals surface area contributed by atoms with Crippen molar-refractivity contribution in [2.75, 3.05) is 13.2 Å². The van der Waals surface area contributed by atoms with Crippen molar-refractivity contribution in [1.82, 2.24) is 0 Å². The van der Waals surface area contributed by atoms with E-state index in [0.29, 0.717) is 11.8 Å². The van der Waals surface area contributed by atoms with E-state index in [9.17, 15) is 0 Å². The molecular formula is C10H22O2PS+. The van der Waals surface area contributed by atoms with Crippen molar-refractivity contribution in [3.05, 3.63) is 0 Å². The van der Waals surface area contributed by atoms with Gasteiger partial charge < -0.3 is 0 Å². The average Bonchev–Trinajstić information content (AvgIpc) is 2.02. The second-order valence-electron chi connectivity index (χ2n) is 4.26. The van der Waals surface area contributed by atoms with Crippen LogP contribution in [0, 0.1) is 11.8 Å². The zero-order valence-corrected chi connectivity index (χ0v) is 11.4. The average molecular weight is 237 g/mol. The van der Waals surface area contributed by atoms with Crippen LogP contribution in [0.15, 0.2) is 0 Å². The molecule has 0 bridgehead atoms. The summed E-state index contributed by atoms with van der Waals surface area (Å²) in [5.74, 6) is 1.34. The van der Waals surface area contributed by atoms with Crippen molar-refractivity contribution in [2.24, 2.45) is 11.8 Å². The van der Waals surface area contributed by atoms with E-state index in [1.165, 1.54) is 0 Å². The zero-order valence-electron chi connectivity index (χ0n) is 9.66. The molecule has 4 heteroatoms. The number of hydrogen-bond acceptors (Lipinski definition) is 3. The fourth-order valence-corrected chi connectivity index (χ4v) is 1.79. The summed E-state index contributed by atoms with van der Waals surface area (Å²) in [4.78, 5) is 0. The van der Waals surface area contributed by atoms with Crippen LogP contribution in [0.25, 0.3) is 0 Å². The highest BCUT2D eigenvalue weighted by molar-refractivity contribution is 8.00. The van der Waals surface area contributed by atoms with Gasteiger partial charge in [-0.2, -0.15) is 0 Å². The zero-order chi connectivity index (χ0) is 11.0. The van der Waals surface area contributed by atoms with E-state index >= 15 is 0 Å². The fourth-order valence-electron chi connectivity index (χ4n) is 0.763. The highest BCUT2D eigenvalue weighted by Crippen LogP contribution is 2.25. The summed E-state index contributed by atoms with van der Waals surface area (Å²) in [6, 6.07) is 0. The minimum atomic E-state index is -1.06. The topological polar surface area (TPSA) is 18.5 Å². The van der Waals surface area contributed by atoms with Gasteiger partial charge in [-0.3, -0.25) is 0 Å². The molecule has 0 amide bonds. The SMILES string of the molecule is CC(C)CCO[P+](=S)OCCC(C)C. The maximum absolute atomic E-state index is 5.39. The van der Waals surface area contributed by atoms with E-state index < -0.39 is 7.15 Å². The molecule has 14 heavy (non-hydrogen) atoms. The van der Waals surface area contributed by atoms with Gasteiger partial charge in [0.15, 0.2) is 0 Å². The highest BCUT2D eigenvalue weighted by Gasteiger charge is 2.13. The Morgan fingerprint density at radius 1 is 0.929 bits per heavy atom. The van der Waals surface area contributed by atoms with Crippen molar-refractivity contribution < 1.29 is 9.05 Å². The number of rotatable bonds is 8. The third-order valence-corrected chi connectivity index (χ3v) is 3.20. The molecule has 0 rings (SSSR count). The first-order chi connectivity index (χ1) is 6.52. The van der Waals surface area contributed by atoms with Crippen LogP contribution < -0.4 is 0 Å². The minimum Gasteiger partial charge on any atom is -0.142 e. The lowest BCUT2D eigenvalue weighted by atomic mass is 10.2. The Kier molecular flexibility index (Phi) is 9.00. The molecule has 0 atom stereocenters. The van der Waals surface area contributed by atoms with Crippen LogP contribution in [0.1, 0.15) is 40.5 Å². The summed E-state index contributed by atoms with van der Waals surface area (Å²) in [5, 5.41) is 0. The molecule has 0 radical (unpaired) electrons. The molecule has 0 aliphatic heterocycles. The summed E-state index contributed by atoms with van der Waals surface area (Å²) in [7, 11) is -1.06. The molecule has 0 N–H and O–H groups in total. The van der Waals surface area contributed by atoms with Crippen molar-refractivity contribution in [2.45, 2.75) is 40.5 Å². The molecule has 84 valence electrons. The van der Waals surface area contributed by atoms with Gasteiger partial charge in [0.2, 0.25) is 11.8 Å². The van der Waals surface area contributed by atoms with Crippen molar-refractivity contribution in [1.29, 1.82) is 0 Å². The summed E-state index contributed by atoms with van der Waals surface area (Å²) in [5.41, 5.74) is 0. The Balaban J connectivity index is 3.28. The molecule has 0 unspecified atom stereocenters. The standard InChI is InChI=1S/C10H22O2PS/c1-9(2)5-7-11-13(14)12-8-6-10(3)4/h9-10H,5-8H2,1-4H3/q+1. The summed E-state index contributed by atoms with van der Waals surface area (Å²) < 4.78 is 10.8. The van der Waals surface area contributed by atoms with Gasteiger partial charge in [-0.05, 0) is 24.7 Å². The molecule has 0 spiro atoms. The molecule has 0 heterocycles. The van der Waals surface area contributed by atoms with Crippen LogP contribution in [0.4, 0.5) is 0 Å². The van der Waals surface area contributed by atoms with Crippen molar-refractivity contribution >= 4 is 19.0 Å². The maximum Gasteiger partial charge on any atom is 0.521 e. The lowest BCUT2D eigenvalue weighted by molar-refractivity contribution is 0.242. The normalized spacial score (nSPS) is 11.3. The van der Waals surface area contributed by atoms with Crippen LogP contribution in [0.3, 0.4) is 0 Å². The quantitative estimate of drug-likeness (QED) is 0.597. The first-order valence-corrected chi connectivity index (χ1v) is 7.44. The summed E-state index contributed by atoms with van der Waals surface area (Å²) in [6.07, 6.45) is 2.12. The largest absolute Gasteiger partial charge is 0.521 e. The van der Waals surface area contributed by atoms with Gasteiger partial charge in [0.25, 0.3) is 0 Å². The van der Waals surface area contributed by atoms with Gasteiger partial charge in [-0.15, -0.1) is 9.05 Å². The van der Waals surface area contributed by atoms with E-state index in [0.717, 1.165) is 26.1 Å². The van der Waals surface area contributed by atoms with Gasteiger partial charge in [0, 0.05) is 0 Å². The van der Waals surface area contributed by atoms with Gasteiger partial charge in [-0.1, -0.05) is 27.7 Å². The van der Waals surface area contributed by atoms with E-state index in [1.807, 2.05) is 0 Å². The van der Waals surface area contributed by atoms with E-state index in [2.05, 4.69) is 27.7 Å². The van der Waals surface area contributed by atoms with Crippen LogP contribution >= 0.6 is 7.15 Å². The molecule has 0 aromatic rings. The van der Waals surface area contributed by atoms with Crippen LogP contribution in [-0.4, -0.2) is 13.2 Å². The summed E-state index contributed by atoms with van der Waals surface area (Å²) >= 11 is 5.06. The molecular weight excluding hydrogens is 215 g/mol. The van der Waals surface area contributed by atoms with Gasteiger partial charge >= 0.3 is 7.15 Å². The molecule has 0 aliphatic rings. The van der Waals surface area contributed by atoms with Crippen LogP contribution in [0.5, 0.6) is 0 Å². The smallest absolute Gasteiger partial charge is 0.142 e. The van der Waals surface area contributed by atoms with Crippen molar-refractivity contribution in [3.8, 4) is 0 Å². The predicted molar refractivity (Wildman–Crippen MR) is 65.1 cm³/mol. The second kappa shape index (κ2) is 8.72. The first kappa shape index (κ1) is 14.4.